The van der Waals surface area contributed by atoms with Crippen LogP contribution in [0, 0.1) is 23.5 Å². The maximum Gasteiger partial charge on any atom is 0.414 e. The summed E-state index contributed by atoms with van der Waals surface area (Å²) >= 11 is 0. The van der Waals surface area contributed by atoms with E-state index in [0.717, 1.165) is 23.3 Å². The highest BCUT2D eigenvalue weighted by Gasteiger charge is 2.40. The van der Waals surface area contributed by atoms with Crippen LogP contribution in [-0.2, 0) is 19.0 Å². The molecule has 180 valence electrons. The topological polar surface area (TPSA) is 117 Å². The van der Waals surface area contributed by atoms with Crippen molar-refractivity contribution in [3.8, 4) is 0 Å². The lowest BCUT2D eigenvalue weighted by Crippen LogP contribution is -2.44. The van der Waals surface area contributed by atoms with Gasteiger partial charge in [-0.25, -0.2) is 13.6 Å². The third-order valence-electron chi connectivity index (χ3n) is 6.14. The zero-order valence-electron chi connectivity index (χ0n) is 17.4. The molecule has 4 rings (SSSR count). The Hall–Kier alpha value is -1.67. The highest BCUT2D eigenvalue weighted by atomic mass is 32.3. The Morgan fingerprint density at radius 1 is 1.16 bits per heavy atom. The number of halogens is 2. The van der Waals surface area contributed by atoms with Crippen molar-refractivity contribution in [3.63, 3.8) is 0 Å². The summed E-state index contributed by atoms with van der Waals surface area (Å²) in [5.41, 5.74) is -0.181. The molecule has 0 radical (unpaired) electrons. The van der Waals surface area contributed by atoms with Crippen LogP contribution in [0.25, 0.3) is 0 Å². The molecule has 0 aromatic heterocycles. The summed E-state index contributed by atoms with van der Waals surface area (Å²) < 4.78 is 80.8. The minimum Gasteiger partial charge on any atom is -0.441 e. The van der Waals surface area contributed by atoms with E-state index < -0.39 is 44.5 Å². The SMILES string of the molecule is CS(=O)(=O)OCC1CN(c2cc(F)c(N3CCC(C4CS(O)(O)C4)CC3)c(F)c2)C(=O)O1. The Morgan fingerprint density at radius 3 is 2.28 bits per heavy atom. The molecule has 3 heterocycles. The molecule has 1 atom stereocenters. The molecule has 3 saturated heterocycles. The number of hydrogen-bond acceptors (Lipinski definition) is 8. The normalized spacial score (nSPS) is 25.5. The summed E-state index contributed by atoms with van der Waals surface area (Å²) in [5, 5.41) is 0. The van der Waals surface area contributed by atoms with Gasteiger partial charge in [-0.15, -0.1) is 0 Å². The van der Waals surface area contributed by atoms with E-state index in [4.69, 9.17) is 4.74 Å². The zero-order chi connectivity index (χ0) is 23.3. The van der Waals surface area contributed by atoms with E-state index in [2.05, 4.69) is 4.18 Å². The molecule has 1 aromatic rings. The Kier molecular flexibility index (Phi) is 6.31. The first-order valence-corrected chi connectivity index (χ1v) is 13.9. The Balaban J connectivity index is 1.40. The fraction of sp³-hybridized carbons (Fsp3) is 0.632. The standard InChI is InChI=1S/C19H26F2N2O7S2/c1-31(25,26)29-9-15-8-23(19(24)30-15)14-6-16(20)18(17(21)7-14)22-4-2-12(3-5-22)13-10-32(27,28)11-13/h6-7,12-13,15,27-28H,2-5,8-11H2,1H3. The van der Waals surface area contributed by atoms with E-state index in [0.29, 0.717) is 43.4 Å². The van der Waals surface area contributed by atoms with Gasteiger partial charge in [0.2, 0.25) is 0 Å². The lowest BCUT2D eigenvalue weighted by Gasteiger charge is -2.51. The third-order valence-corrected chi connectivity index (χ3v) is 8.63. The second kappa shape index (κ2) is 8.60. The van der Waals surface area contributed by atoms with Crippen LogP contribution in [0.4, 0.5) is 25.0 Å². The first kappa shape index (κ1) is 23.5. The molecule has 0 aliphatic carbocycles. The molecule has 1 unspecified atom stereocenters. The first-order chi connectivity index (χ1) is 14.9. The minimum atomic E-state index is -3.71. The number of benzene rings is 1. The highest BCUT2D eigenvalue weighted by molar-refractivity contribution is 8.25. The lowest BCUT2D eigenvalue weighted by molar-refractivity contribution is 0.107. The molecule has 3 fully saturated rings. The summed E-state index contributed by atoms with van der Waals surface area (Å²) in [4.78, 5) is 14.8. The highest BCUT2D eigenvalue weighted by Crippen LogP contribution is 2.55. The van der Waals surface area contributed by atoms with Gasteiger partial charge in [0.25, 0.3) is 10.1 Å². The second-order valence-electron chi connectivity index (χ2n) is 8.58. The van der Waals surface area contributed by atoms with E-state index in [1.54, 1.807) is 4.90 Å². The van der Waals surface area contributed by atoms with Gasteiger partial charge in [-0.05, 0) is 24.7 Å². The van der Waals surface area contributed by atoms with Crippen molar-refractivity contribution in [2.45, 2.75) is 18.9 Å². The van der Waals surface area contributed by atoms with Crippen molar-refractivity contribution in [2.24, 2.45) is 11.8 Å². The molecular formula is C19H26F2N2O7S2. The Labute approximate surface area is 186 Å². The van der Waals surface area contributed by atoms with Crippen LogP contribution < -0.4 is 9.80 Å². The van der Waals surface area contributed by atoms with Gasteiger partial charge < -0.3 is 9.64 Å². The number of ether oxygens (including phenoxy) is 1. The molecule has 3 aliphatic rings. The maximum absolute atomic E-state index is 14.9. The van der Waals surface area contributed by atoms with Gasteiger partial charge in [-0.2, -0.15) is 19.0 Å². The summed E-state index contributed by atoms with van der Waals surface area (Å²) in [5.74, 6) is -0.226. The van der Waals surface area contributed by atoms with Crippen LogP contribution in [0.2, 0.25) is 0 Å². The maximum atomic E-state index is 14.9. The quantitative estimate of drug-likeness (QED) is 0.578. The lowest BCUT2D eigenvalue weighted by atomic mass is 9.85. The average molecular weight is 497 g/mol. The van der Waals surface area contributed by atoms with Crippen LogP contribution >= 0.6 is 10.6 Å². The molecule has 0 bridgehead atoms. The second-order valence-corrected chi connectivity index (χ2v) is 12.5. The van der Waals surface area contributed by atoms with Crippen LogP contribution in [0.5, 0.6) is 0 Å². The van der Waals surface area contributed by atoms with Gasteiger partial charge in [-0.1, -0.05) is 0 Å². The van der Waals surface area contributed by atoms with Crippen molar-refractivity contribution in [3.05, 3.63) is 23.8 Å². The third kappa shape index (κ3) is 5.11. The molecule has 32 heavy (non-hydrogen) atoms. The van der Waals surface area contributed by atoms with Crippen LogP contribution in [0.1, 0.15) is 12.8 Å². The number of carbonyl (C=O) groups excluding carboxylic acids is 1. The van der Waals surface area contributed by atoms with E-state index in [9.17, 15) is 31.1 Å². The number of piperidine rings is 1. The number of nitrogens with zero attached hydrogens (tertiary/aromatic N) is 2. The Bertz CT molecular complexity index is 968. The number of hydrogen-bond donors (Lipinski definition) is 2. The van der Waals surface area contributed by atoms with E-state index >= 15 is 0 Å². The molecule has 1 aromatic carbocycles. The van der Waals surface area contributed by atoms with E-state index in [-0.39, 0.29) is 30.4 Å². The average Bonchev–Trinajstić information content (AvgIpc) is 3.05. The molecule has 2 N–H and O–H groups in total. The fourth-order valence-electron chi connectivity index (χ4n) is 4.53. The fourth-order valence-corrected chi connectivity index (χ4v) is 6.75. The number of anilines is 2. The minimum absolute atomic E-state index is 0.0230. The first-order valence-electron chi connectivity index (χ1n) is 10.2. The van der Waals surface area contributed by atoms with E-state index in [1.807, 2.05) is 0 Å². The van der Waals surface area contributed by atoms with Crippen molar-refractivity contribution in [2.75, 3.05) is 53.8 Å². The summed E-state index contributed by atoms with van der Waals surface area (Å²) in [7, 11) is -6.12. The number of amides is 1. The molecule has 13 heteroatoms. The van der Waals surface area contributed by atoms with E-state index in [1.165, 1.54) is 0 Å². The molecule has 1 amide bonds. The summed E-state index contributed by atoms with van der Waals surface area (Å²) in [6.45, 7) is 0.419. The monoisotopic (exact) mass is 496 g/mol. The molecule has 3 aliphatic heterocycles. The summed E-state index contributed by atoms with van der Waals surface area (Å²) in [6.07, 6.45) is 0.564. The zero-order valence-corrected chi connectivity index (χ0v) is 19.1. The molecule has 0 spiro atoms. The van der Waals surface area contributed by atoms with Gasteiger partial charge in [0.05, 0.1) is 18.5 Å². The van der Waals surface area contributed by atoms with Crippen molar-refractivity contribution >= 4 is 38.2 Å². The number of cyclic esters (lactones) is 1. The van der Waals surface area contributed by atoms with Crippen LogP contribution in [0.3, 0.4) is 0 Å². The molecule has 9 nitrogen and oxygen atoms in total. The van der Waals surface area contributed by atoms with Gasteiger partial charge in [-0.3, -0.25) is 18.2 Å². The van der Waals surface area contributed by atoms with Gasteiger partial charge >= 0.3 is 6.09 Å². The molecular weight excluding hydrogens is 470 g/mol. The predicted molar refractivity (Wildman–Crippen MR) is 116 cm³/mol. The van der Waals surface area contributed by atoms with Crippen LogP contribution in [0.15, 0.2) is 12.1 Å². The van der Waals surface area contributed by atoms with Crippen molar-refractivity contribution < 1.29 is 40.0 Å². The van der Waals surface area contributed by atoms with Gasteiger partial charge in [0, 0.05) is 36.7 Å². The smallest absolute Gasteiger partial charge is 0.414 e. The predicted octanol–water partition coefficient (Wildman–Crippen LogP) is 2.86. The van der Waals surface area contributed by atoms with Gasteiger partial charge in [0.1, 0.15) is 18.4 Å². The number of carbonyl (C=O) groups is 1. The van der Waals surface area contributed by atoms with Gasteiger partial charge in [0.15, 0.2) is 11.6 Å². The van der Waals surface area contributed by atoms with Crippen molar-refractivity contribution in [1.82, 2.24) is 0 Å². The van der Waals surface area contributed by atoms with Crippen molar-refractivity contribution in [1.29, 1.82) is 0 Å². The largest absolute Gasteiger partial charge is 0.441 e. The molecule has 0 saturated carbocycles. The Morgan fingerprint density at radius 2 is 1.75 bits per heavy atom. The number of rotatable bonds is 6. The summed E-state index contributed by atoms with van der Waals surface area (Å²) in [6, 6.07) is 2.12. The van der Waals surface area contributed by atoms with Crippen LogP contribution in [-0.4, -0.2) is 73.7 Å².